The van der Waals surface area contributed by atoms with Gasteiger partial charge in [-0.3, -0.25) is 0 Å². The fraction of sp³-hybridized carbons (Fsp3) is 0. The van der Waals surface area contributed by atoms with Gasteiger partial charge in [0.25, 0.3) is 0 Å². The van der Waals surface area contributed by atoms with Gasteiger partial charge >= 0.3 is 0 Å². The number of halogens is 4. The molecule has 0 aliphatic heterocycles. The van der Waals surface area contributed by atoms with E-state index >= 15 is 0 Å². The summed E-state index contributed by atoms with van der Waals surface area (Å²) < 4.78 is 4.26. The van der Waals surface area contributed by atoms with Crippen molar-refractivity contribution < 1.29 is 0 Å². The van der Waals surface area contributed by atoms with Crippen LogP contribution < -0.4 is 0 Å². The first-order chi connectivity index (χ1) is 26.4. The van der Waals surface area contributed by atoms with Crippen LogP contribution in [0.3, 0.4) is 0 Å². The maximum Gasteiger partial charge on any atom is 0.0181 e. The molecule has 0 atom stereocenters. The maximum absolute atomic E-state index is 3.66. The van der Waals surface area contributed by atoms with Gasteiger partial charge in [-0.15, -0.1) is 0 Å². The van der Waals surface area contributed by atoms with E-state index in [0.717, 1.165) is 40.1 Å². The summed E-state index contributed by atoms with van der Waals surface area (Å²) in [5, 5.41) is 0. The highest BCUT2D eigenvalue weighted by Crippen LogP contribution is 2.40. The Labute approximate surface area is 350 Å². The molecule has 0 fully saturated rings. The van der Waals surface area contributed by atoms with Crippen molar-refractivity contribution in [2.24, 2.45) is 0 Å². The lowest BCUT2D eigenvalue weighted by molar-refractivity contribution is 1.49. The van der Waals surface area contributed by atoms with E-state index < -0.39 is 0 Å². The second kappa shape index (κ2) is 16.4. The molecule has 0 aliphatic rings. The van der Waals surface area contributed by atoms with Gasteiger partial charge in [0, 0.05) is 17.9 Å². The van der Waals surface area contributed by atoms with E-state index in [2.05, 4.69) is 258 Å². The molecule has 8 aromatic rings. The zero-order valence-electron chi connectivity index (χ0n) is 29.0. The molecule has 0 unspecified atom stereocenters. The van der Waals surface area contributed by atoms with Crippen LogP contribution >= 0.6 is 63.7 Å². The smallest absolute Gasteiger partial charge is 0.0181 e. The molecule has 0 saturated heterocycles. The summed E-state index contributed by atoms with van der Waals surface area (Å²) in [6.45, 7) is 0. The fourth-order valence-electron chi connectivity index (χ4n) is 6.90. The average molecular weight is 952 g/mol. The Bertz CT molecular complexity index is 2240. The van der Waals surface area contributed by atoms with Gasteiger partial charge in [0.2, 0.25) is 0 Å². The normalized spacial score (nSPS) is 11.0. The van der Waals surface area contributed by atoms with E-state index in [1.165, 1.54) is 55.7 Å². The third-order valence-electron chi connectivity index (χ3n) is 9.58. The quantitative estimate of drug-likeness (QED) is 0.133. The fourth-order valence-corrected chi connectivity index (χ4v) is 8.50. The molecule has 0 saturated carbocycles. The van der Waals surface area contributed by atoms with Crippen LogP contribution in [0.5, 0.6) is 0 Å². The van der Waals surface area contributed by atoms with Crippen LogP contribution in [0.1, 0.15) is 22.3 Å². The van der Waals surface area contributed by atoms with Crippen molar-refractivity contribution in [1.82, 2.24) is 0 Å². The van der Waals surface area contributed by atoms with Crippen molar-refractivity contribution in [3.63, 3.8) is 0 Å². The van der Waals surface area contributed by atoms with Gasteiger partial charge in [-0.25, -0.2) is 0 Å². The van der Waals surface area contributed by atoms with Crippen LogP contribution in [0.4, 0.5) is 0 Å². The zero-order chi connectivity index (χ0) is 37.0. The highest BCUT2D eigenvalue weighted by atomic mass is 79.9. The zero-order valence-corrected chi connectivity index (χ0v) is 35.3. The number of hydrogen-bond acceptors (Lipinski definition) is 0. The Morgan fingerprint density at radius 1 is 0.222 bits per heavy atom. The number of rotatable bonds is 8. The maximum atomic E-state index is 3.66. The summed E-state index contributed by atoms with van der Waals surface area (Å²) >= 11 is 14.6. The van der Waals surface area contributed by atoms with Crippen molar-refractivity contribution in [3.8, 4) is 44.5 Å². The van der Waals surface area contributed by atoms with E-state index in [9.17, 15) is 0 Å². The first kappa shape index (κ1) is 36.4. The van der Waals surface area contributed by atoms with E-state index in [1.807, 2.05) is 0 Å². The number of hydrogen-bond donors (Lipinski definition) is 0. The molecule has 0 amide bonds. The van der Waals surface area contributed by atoms with E-state index in [1.54, 1.807) is 0 Å². The molecule has 0 aromatic heterocycles. The van der Waals surface area contributed by atoms with Gasteiger partial charge in [0.05, 0.1) is 0 Å². The molecule has 0 aliphatic carbocycles. The lowest BCUT2D eigenvalue weighted by Crippen LogP contribution is -1.98. The van der Waals surface area contributed by atoms with Gasteiger partial charge in [-0.1, -0.05) is 209 Å². The van der Waals surface area contributed by atoms with Crippen molar-refractivity contribution in [2.45, 2.75) is 0 Å². The summed E-state index contributed by atoms with van der Waals surface area (Å²) in [5.74, 6) is 0. The van der Waals surface area contributed by atoms with Crippen molar-refractivity contribution in [1.29, 1.82) is 0 Å². The lowest BCUT2D eigenvalue weighted by atomic mass is 9.84. The van der Waals surface area contributed by atoms with Crippen LogP contribution in [0.2, 0.25) is 0 Å². The second-order valence-electron chi connectivity index (χ2n) is 13.1. The SMILES string of the molecule is Brc1cccc(-c2ccc(C(=C(c3ccc(-c4cccc(Br)c4)cc3)c3ccc(-c4cccc(Br)c4)cc3)c3ccc(-c4cccc(Br)c4)cc3)cc2)c1. The molecular formula is C50H32Br4. The summed E-state index contributed by atoms with van der Waals surface area (Å²) in [4.78, 5) is 0. The Hall–Kier alpha value is -4.58. The minimum absolute atomic E-state index is 1.06. The van der Waals surface area contributed by atoms with Crippen LogP contribution in [0.15, 0.2) is 212 Å². The minimum Gasteiger partial charge on any atom is -0.0605 e. The molecule has 8 aromatic carbocycles. The Morgan fingerprint density at radius 3 is 0.611 bits per heavy atom. The van der Waals surface area contributed by atoms with Gasteiger partial charge in [0.1, 0.15) is 0 Å². The van der Waals surface area contributed by atoms with Crippen LogP contribution in [-0.4, -0.2) is 0 Å². The Kier molecular flexibility index (Phi) is 11.1. The van der Waals surface area contributed by atoms with Gasteiger partial charge in [0.15, 0.2) is 0 Å². The molecule has 260 valence electrons. The van der Waals surface area contributed by atoms with Gasteiger partial charge in [-0.2, -0.15) is 0 Å². The molecule has 0 heterocycles. The predicted octanol–water partition coefficient (Wildman–Crippen LogP) is 16.4. The van der Waals surface area contributed by atoms with E-state index in [4.69, 9.17) is 0 Å². The predicted molar refractivity (Wildman–Crippen MR) is 243 cm³/mol. The molecule has 0 N–H and O–H groups in total. The first-order valence-electron chi connectivity index (χ1n) is 17.6. The third kappa shape index (κ3) is 8.23. The summed E-state index contributed by atoms with van der Waals surface area (Å²) in [5.41, 5.74) is 16.3. The van der Waals surface area contributed by atoms with E-state index in [0.29, 0.717) is 0 Å². The van der Waals surface area contributed by atoms with E-state index in [-0.39, 0.29) is 0 Å². The third-order valence-corrected chi connectivity index (χ3v) is 11.5. The highest BCUT2D eigenvalue weighted by molar-refractivity contribution is 9.11. The standard InChI is InChI=1S/C50H32Br4/c51-45-9-1-5-41(29-45)33-13-21-37(22-14-33)49(38-23-15-34(16-24-38)42-6-2-10-46(52)30-42)50(39-25-17-35(18-26-39)43-7-3-11-47(53)31-43)40-27-19-36(20-28-40)44-8-4-12-48(54)32-44/h1-32H. The van der Waals surface area contributed by atoms with Crippen LogP contribution in [0, 0.1) is 0 Å². The molecule has 0 radical (unpaired) electrons. The Balaban J connectivity index is 1.33. The molecule has 0 nitrogen and oxygen atoms in total. The van der Waals surface area contributed by atoms with Gasteiger partial charge in [-0.05, 0) is 126 Å². The molecule has 0 spiro atoms. The number of benzene rings is 8. The summed E-state index contributed by atoms with van der Waals surface area (Å²) in [6.07, 6.45) is 0. The molecular weight excluding hydrogens is 920 g/mol. The van der Waals surface area contributed by atoms with Crippen LogP contribution in [0.25, 0.3) is 55.7 Å². The first-order valence-corrected chi connectivity index (χ1v) is 20.7. The molecule has 4 heteroatoms. The van der Waals surface area contributed by atoms with Crippen molar-refractivity contribution >= 4 is 74.9 Å². The topological polar surface area (TPSA) is 0 Å². The molecule has 0 bridgehead atoms. The average Bonchev–Trinajstić information content (AvgIpc) is 3.20. The second-order valence-corrected chi connectivity index (χ2v) is 16.8. The molecule has 8 rings (SSSR count). The Morgan fingerprint density at radius 2 is 0.426 bits per heavy atom. The van der Waals surface area contributed by atoms with Crippen molar-refractivity contribution in [3.05, 3.63) is 234 Å². The minimum atomic E-state index is 1.06. The lowest BCUT2D eigenvalue weighted by Gasteiger charge is -2.20. The largest absolute Gasteiger partial charge is 0.0605 e. The van der Waals surface area contributed by atoms with Crippen molar-refractivity contribution in [2.75, 3.05) is 0 Å². The highest BCUT2D eigenvalue weighted by Gasteiger charge is 2.18. The molecule has 54 heavy (non-hydrogen) atoms. The monoisotopic (exact) mass is 948 g/mol. The summed E-state index contributed by atoms with van der Waals surface area (Å²) in [6, 6.07) is 69.8. The summed E-state index contributed by atoms with van der Waals surface area (Å²) in [7, 11) is 0. The van der Waals surface area contributed by atoms with Crippen LogP contribution in [-0.2, 0) is 0 Å². The van der Waals surface area contributed by atoms with Gasteiger partial charge < -0.3 is 0 Å².